The zero-order valence-electron chi connectivity index (χ0n) is 12.9. The fourth-order valence-corrected chi connectivity index (χ4v) is 3.54. The van der Waals surface area contributed by atoms with Crippen molar-refractivity contribution in [1.82, 2.24) is 4.98 Å². The van der Waals surface area contributed by atoms with Crippen LogP contribution in [-0.4, -0.2) is 10.9 Å². The van der Waals surface area contributed by atoms with E-state index in [9.17, 15) is 9.59 Å². The minimum atomic E-state index is -0.275. The van der Waals surface area contributed by atoms with Gasteiger partial charge in [-0.1, -0.05) is 29.8 Å². The lowest BCUT2D eigenvalue weighted by Gasteiger charge is -2.10. The van der Waals surface area contributed by atoms with Crippen LogP contribution in [0.5, 0.6) is 0 Å². The minimum absolute atomic E-state index is 0.0235. The molecular formula is C19H15ClN2O2. The van der Waals surface area contributed by atoms with Gasteiger partial charge in [0, 0.05) is 16.6 Å². The molecule has 4 nitrogen and oxygen atoms in total. The normalized spacial score (nSPS) is 13.0. The van der Waals surface area contributed by atoms with Gasteiger partial charge in [0.15, 0.2) is 0 Å². The summed E-state index contributed by atoms with van der Waals surface area (Å²) >= 11 is 6.06. The molecule has 1 aliphatic carbocycles. The molecule has 0 atom stereocenters. The first-order valence-electron chi connectivity index (χ1n) is 7.87. The number of carbonyl (C=O) groups is 1. The van der Waals surface area contributed by atoms with Crippen LogP contribution in [0.1, 0.15) is 27.9 Å². The Balaban J connectivity index is 1.71. The summed E-state index contributed by atoms with van der Waals surface area (Å²) in [5.74, 6) is -0.275. The molecule has 1 heterocycles. The van der Waals surface area contributed by atoms with E-state index in [1.165, 1.54) is 0 Å². The van der Waals surface area contributed by atoms with Crippen molar-refractivity contribution in [2.24, 2.45) is 0 Å². The van der Waals surface area contributed by atoms with Gasteiger partial charge in [0.25, 0.3) is 11.5 Å². The Morgan fingerprint density at radius 3 is 2.71 bits per heavy atom. The highest BCUT2D eigenvalue weighted by Crippen LogP contribution is 2.28. The van der Waals surface area contributed by atoms with Gasteiger partial charge in [0.1, 0.15) is 0 Å². The van der Waals surface area contributed by atoms with Gasteiger partial charge in [0.05, 0.1) is 16.1 Å². The van der Waals surface area contributed by atoms with E-state index in [2.05, 4.69) is 10.3 Å². The highest BCUT2D eigenvalue weighted by molar-refractivity contribution is 6.34. The van der Waals surface area contributed by atoms with Crippen LogP contribution in [-0.2, 0) is 12.8 Å². The Kier molecular flexibility index (Phi) is 3.62. The third-order valence-corrected chi connectivity index (χ3v) is 4.79. The first-order chi connectivity index (χ1) is 11.6. The van der Waals surface area contributed by atoms with Crippen LogP contribution in [0.4, 0.5) is 5.69 Å². The number of H-pyrrole nitrogens is 1. The van der Waals surface area contributed by atoms with Gasteiger partial charge in [-0.2, -0.15) is 0 Å². The maximum absolute atomic E-state index is 12.4. The summed E-state index contributed by atoms with van der Waals surface area (Å²) < 4.78 is 0. The maximum Gasteiger partial charge on any atom is 0.257 e. The topological polar surface area (TPSA) is 62.0 Å². The van der Waals surface area contributed by atoms with E-state index in [4.69, 9.17) is 11.6 Å². The van der Waals surface area contributed by atoms with E-state index in [-0.39, 0.29) is 11.5 Å². The predicted molar refractivity (Wildman–Crippen MR) is 96.0 cm³/mol. The van der Waals surface area contributed by atoms with Crippen molar-refractivity contribution in [2.75, 3.05) is 5.32 Å². The van der Waals surface area contributed by atoms with Gasteiger partial charge in [0.2, 0.25) is 0 Å². The Bertz CT molecular complexity index is 1020. The van der Waals surface area contributed by atoms with Gasteiger partial charge in [-0.05, 0) is 49.1 Å². The summed E-state index contributed by atoms with van der Waals surface area (Å²) in [6.45, 7) is 0. The summed E-state index contributed by atoms with van der Waals surface area (Å²) in [7, 11) is 0. The van der Waals surface area contributed by atoms with E-state index in [0.717, 1.165) is 41.3 Å². The number of anilines is 1. The highest BCUT2D eigenvalue weighted by Gasteiger charge is 2.18. The van der Waals surface area contributed by atoms with Gasteiger partial charge in [-0.3, -0.25) is 9.59 Å². The average Bonchev–Trinajstić information content (AvgIpc) is 3.05. The molecule has 0 spiro atoms. The second-order valence-electron chi connectivity index (χ2n) is 5.96. The van der Waals surface area contributed by atoms with Crippen LogP contribution < -0.4 is 10.9 Å². The van der Waals surface area contributed by atoms with E-state index in [1.807, 2.05) is 12.1 Å². The van der Waals surface area contributed by atoms with Gasteiger partial charge < -0.3 is 10.3 Å². The molecule has 24 heavy (non-hydrogen) atoms. The predicted octanol–water partition coefficient (Wildman–Crippen LogP) is 3.92. The molecule has 0 saturated carbocycles. The average molecular weight is 339 g/mol. The zero-order chi connectivity index (χ0) is 16.7. The molecule has 2 aromatic carbocycles. The number of hydrogen-bond acceptors (Lipinski definition) is 2. The largest absolute Gasteiger partial charge is 0.322 e. The molecule has 120 valence electrons. The molecule has 4 rings (SSSR count). The quantitative estimate of drug-likeness (QED) is 0.744. The van der Waals surface area contributed by atoms with Crippen LogP contribution in [0.25, 0.3) is 10.9 Å². The standard InChI is InChI=1S/C19H15ClN2O2/c20-16-7-2-1-4-15(16)19(24)21-11-8-9-13-12-5-3-6-14(12)18(23)22-17(13)10-11/h1-2,4,7-10H,3,5-6H2,(H,21,24)(H,22,23). The van der Waals surface area contributed by atoms with Crippen molar-refractivity contribution < 1.29 is 4.79 Å². The second-order valence-corrected chi connectivity index (χ2v) is 6.37. The van der Waals surface area contributed by atoms with Crippen molar-refractivity contribution in [3.63, 3.8) is 0 Å². The molecule has 1 aromatic heterocycles. The molecule has 1 aliphatic rings. The van der Waals surface area contributed by atoms with Crippen LogP contribution in [0.15, 0.2) is 47.3 Å². The van der Waals surface area contributed by atoms with E-state index in [1.54, 1.807) is 30.3 Å². The number of nitrogens with one attached hydrogen (secondary N) is 2. The molecule has 0 saturated heterocycles. The summed E-state index contributed by atoms with van der Waals surface area (Å²) in [4.78, 5) is 27.4. The molecule has 0 bridgehead atoms. The number of hydrogen-bond donors (Lipinski definition) is 2. The zero-order valence-corrected chi connectivity index (χ0v) is 13.6. The molecule has 0 aliphatic heterocycles. The molecule has 0 unspecified atom stereocenters. The number of carbonyl (C=O) groups excluding carboxylic acids is 1. The van der Waals surface area contributed by atoms with Crippen LogP contribution >= 0.6 is 11.6 Å². The first-order valence-corrected chi connectivity index (χ1v) is 8.25. The number of rotatable bonds is 2. The van der Waals surface area contributed by atoms with Crippen molar-refractivity contribution in [3.8, 4) is 0 Å². The molecule has 3 aromatic rings. The third kappa shape index (κ3) is 2.49. The highest BCUT2D eigenvalue weighted by atomic mass is 35.5. The Labute approximate surface area is 143 Å². The number of amides is 1. The Hall–Kier alpha value is -2.59. The maximum atomic E-state index is 12.4. The van der Waals surface area contributed by atoms with E-state index < -0.39 is 0 Å². The number of benzene rings is 2. The van der Waals surface area contributed by atoms with Crippen molar-refractivity contribution in [3.05, 3.63) is 74.5 Å². The number of aromatic nitrogens is 1. The molecule has 0 radical (unpaired) electrons. The summed E-state index contributed by atoms with van der Waals surface area (Å²) in [5, 5.41) is 4.29. The second kappa shape index (κ2) is 5.80. The monoisotopic (exact) mass is 338 g/mol. The van der Waals surface area contributed by atoms with Gasteiger partial charge in [-0.25, -0.2) is 0 Å². The Morgan fingerprint density at radius 1 is 1.08 bits per heavy atom. The minimum Gasteiger partial charge on any atom is -0.322 e. The fourth-order valence-electron chi connectivity index (χ4n) is 3.32. The van der Waals surface area contributed by atoms with Crippen molar-refractivity contribution >= 4 is 34.1 Å². The Morgan fingerprint density at radius 2 is 1.88 bits per heavy atom. The number of aryl methyl sites for hydroxylation is 1. The molecule has 2 N–H and O–H groups in total. The van der Waals surface area contributed by atoms with Crippen LogP contribution in [0.2, 0.25) is 5.02 Å². The van der Waals surface area contributed by atoms with Crippen LogP contribution in [0, 0.1) is 0 Å². The number of aromatic amines is 1. The fraction of sp³-hybridized carbons (Fsp3) is 0.158. The lowest BCUT2D eigenvalue weighted by atomic mass is 10.1. The van der Waals surface area contributed by atoms with E-state index in [0.29, 0.717) is 16.3 Å². The lowest BCUT2D eigenvalue weighted by molar-refractivity contribution is 0.102. The number of halogens is 1. The SMILES string of the molecule is O=C(Nc1ccc2c3c(c(=O)[nH]c2c1)CCC3)c1ccccc1Cl. The lowest BCUT2D eigenvalue weighted by Crippen LogP contribution is -2.14. The molecule has 0 fully saturated rings. The van der Waals surface area contributed by atoms with Crippen molar-refractivity contribution in [1.29, 1.82) is 0 Å². The summed E-state index contributed by atoms with van der Waals surface area (Å²) in [6, 6.07) is 12.5. The smallest absolute Gasteiger partial charge is 0.257 e. The molecule has 1 amide bonds. The first kappa shape index (κ1) is 15.0. The summed E-state index contributed by atoms with van der Waals surface area (Å²) in [6.07, 6.45) is 2.79. The summed E-state index contributed by atoms with van der Waals surface area (Å²) in [5.41, 5.74) is 3.80. The van der Waals surface area contributed by atoms with E-state index >= 15 is 0 Å². The van der Waals surface area contributed by atoms with Crippen LogP contribution in [0.3, 0.4) is 0 Å². The number of fused-ring (bicyclic) bond motifs is 3. The molecular weight excluding hydrogens is 324 g/mol. The number of pyridine rings is 1. The molecule has 5 heteroatoms. The third-order valence-electron chi connectivity index (χ3n) is 4.46. The van der Waals surface area contributed by atoms with Gasteiger partial charge in [-0.15, -0.1) is 0 Å². The van der Waals surface area contributed by atoms with Crippen molar-refractivity contribution in [2.45, 2.75) is 19.3 Å². The van der Waals surface area contributed by atoms with Gasteiger partial charge >= 0.3 is 0 Å².